The van der Waals surface area contributed by atoms with Crippen LogP contribution in [-0.2, 0) is 0 Å². The fourth-order valence-electron chi connectivity index (χ4n) is 8.27. The smallest absolute Gasteiger partial charge is 0.159 e. The Morgan fingerprint density at radius 1 is 0.321 bits per heavy atom. The second-order valence-electron chi connectivity index (χ2n) is 13.6. The zero-order valence-electron chi connectivity index (χ0n) is 28.7. The molecule has 0 aliphatic rings. The summed E-state index contributed by atoms with van der Waals surface area (Å²) in [5.41, 5.74) is 11.3. The lowest BCUT2D eigenvalue weighted by Gasteiger charge is -2.26. The molecular weight excluding hydrogens is 647 g/mol. The third kappa shape index (κ3) is 4.61. The van der Waals surface area contributed by atoms with Crippen LogP contribution in [-0.4, -0.2) is 0 Å². The Hall–Kier alpha value is -7.10. The highest BCUT2D eigenvalue weighted by atomic mass is 16.3. The van der Waals surface area contributed by atoms with Crippen LogP contribution in [0.1, 0.15) is 0 Å². The fourth-order valence-corrected chi connectivity index (χ4v) is 8.27. The summed E-state index contributed by atoms with van der Waals surface area (Å²) in [6.07, 6.45) is 0. The van der Waals surface area contributed by atoms with Crippen molar-refractivity contribution < 1.29 is 8.83 Å². The van der Waals surface area contributed by atoms with Crippen molar-refractivity contribution in [3.8, 4) is 22.3 Å². The summed E-state index contributed by atoms with van der Waals surface area (Å²) >= 11 is 0. The molecule has 11 aromatic rings. The van der Waals surface area contributed by atoms with Crippen LogP contribution in [0.15, 0.2) is 197 Å². The van der Waals surface area contributed by atoms with Crippen LogP contribution in [0.2, 0.25) is 0 Å². The van der Waals surface area contributed by atoms with E-state index in [9.17, 15) is 0 Å². The van der Waals surface area contributed by atoms with Crippen LogP contribution < -0.4 is 4.90 Å². The van der Waals surface area contributed by atoms with Crippen molar-refractivity contribution in [3.05, 3.63) is 188 Å². The Morgan fingerprint density at radius 3 is 1.75 bits per heavy atom. The zero-order chi connectivity index (χ0) is 34.9. The van der Waals surface area contributed by atoms with E-state index in [4.69, 9.17) is 8.83 Å². The summed E-state index contributed by atoms with van der Waals surface area (Å²) in [5.74, 6) is 0. The molecular formula is C50H31NO2. The van der Waals surface area contributed by atoms with Gasteiger partial charge < -0.3 is 13.7 Å². The number of hydrogen-bond donors (Lipinski definition) is 0. The molecule has 0 aliphatic heterocycles. The van der Waals surface area contributed by atoms with Crippen molar-refractivity contribution in [2.45, 2.75) is 0 Å². The summed E-state index contributed by atoms with van der Waals surface area (Å²) in [7, 11) is 0. The molecule has 9 aromatic carbocycles. The minimum atomic E-state index is 0.842. The van der Waals surface area contributed by atoms with Crippen molar-refractivity contribution in [2.24, 2.45) is 0 Å². The number of para-hydroxylation sites is 2. The molecule has 0 spiro atoms. The summed E-state index contributed by atoms with van der Waals surface area (Å²) in [6.45, 7) is 0. The van der Waals surface area contributed by atoms with Gasteiger partial charge in [0, 0.05) is 27.2 Å². The van der Waals surface area contributed by atoms with E-state index in [2.05, 4.69) is 181 Å². The molecule has 0 saturated heterocycles. The van der Waals surface area contributed by atoms with Gasteiger partial charge in [-0.1, -0.05) is 146 Å². The van der Waals surface area contributed by atoms with Crippen molar-refractivity contribution in [1.29, 1.82) is 0 Å². The van der Waals surface area contributed by atoms with Gasteiger partial charge in [0.25, 0.3) is 0 Å². The van der Waals surface area contributed by atoms with Gasteiger partial charge in [-0.05, 0) is 80.9 Å². The summed E-state index contributed by atoms with van der Waals surface area (Å²) in [5, 5.41) is 9.06. The number of furan rings is 2. The molecule has 0 N–H and O–H groups in total. The predicted molar refractivity (Wildman–Crippen MR) is 222 cm³/mol. The third-order valence-corrected chi connectivity index (χ3v) is 10.7. The average Bonchev–Trinajstić information content (AvgIpc) is 3.81. The van der Waals surface area contributed by atoms with Crippen LogP contribution in [0, 0.1) is 0 Å². The van der Waals surface area contributed by atoms with Gasteiger partial charge in [0.1, 0.15) is 16.7 Å². The lowest BCUT2D eigenvalue weighted by molar-refractivity contribution is 0.669. The number of benzene rings is 9. The number of rotatable bonds is 5. The topological polar surface area (TPSA) is 29.5 Å². The number of anilines is 3. The first kappa shape index (κ1) is 29.6. The normalized spacial score (nSPS) is 11.8. The lowest BCUT2D eigenvalue weighted by Crippen LogP contribution is -2.10. The van der Waals surface area contributed by atoms with Crippen molar-refractivity contribution in [1.82, 2.24) is 0 Å². The summed E-state index contributed by atoms with van der Waals surface area (Å²) in [6, 6.07) is 66.7. The molecule has 2 heterocycles. The second kappa shape index (κ2) is 11.7. The molecule has 248 valence electrons. The fraction of sp³-hybridized carbons (Fsp3) is 0. The van der Waals surface area contributed by atoms with Gasteiger partial charge in [0.15, 0.2) is 5.58 Å². The van der Waals surface area contributed by atoms with E-state index in [-0.39, 0.29) is 0 Å². The van der Waals surface area contributed by atoms with E-state index in [1.165, 1.54) is 27.5 Å². The highest BCUT2D eigenvalue weighted by molar-refractivity contribution is 6.20. The Balaban J connectivity index is 1.15. The molecule has 3 nitrogen and oxygen atoms in total. The summed E-state index contributed by atoms with van der Waals surface area (Å²) < 4.78 is 13.4. The molecule has 0 bridgehead atoms. The minimum Gasteiger partial charge on any atom is -0.455 e. The van der Waals surface area contributed by atoms with Gasteiger partial charge in [-0.15, -0.1) is 0 Å². The molecule has 0 radical (unpaired) electrons. The molecule has 0 atom stereocenters. The van der Waals surface area contributed by atoms with Gasteiger partial charge in [0.2, 0.25) is 0 Å². The zero-order valence-corrected chi connectivity index (χ0v) is 28.7. The Labute approximate surface area is 305 Å². The first-order chi connectivity index (χ1) is 26.3. The monoisotopic (exact) mass is 677 g/mol. The van der Waals surface area contributed by atoms with E-state index >= 15 is 0 Å². The van der Waals surface area contributed by atoms with Crippen LogP contribution in [0.25, 0.3) is 87.7 Å². The van der Waals surface area contributed by atoms with E-state index in [1.54, 1.807) is 0 Å². The lowest BCUT2D eigenvalue weighted by atomic mass is 9.91. The molecule has 0 amide bonds. The van der Waals surface area contributed by atoms with Crippen molar-refractivity contribution >= 4 is 82.5 Å². The first-order valence-electron chi connectivity index (χ1n) is 18.0. The van der Waals surface area contributed by atoms with Crippen molar-refractivity contribution in [3.63, 3.8) is 0 Å². The third-order valence-electron chi connectivity index (χ3n) is 10.7. The quantitative estimate of drug-likeness (QED) is 0.182. The van der Waals surface area contributed by atoms with Crippen molar-refractivity contribution in [2.75, 3.05) is 4.90 Å². The maximum Gasteiger partial charge on any atom is 0.159 e. The number of nitrogens with zero attached hydrogens (tertiary/aromatic N) is 1. The van der Waals surface area contributed by atoms with Crippen LogP contribution >= 0.6 is 0 Å². The molecule has 0 unspecified atom stereocenters. The van der Waals surface area contributed by atoms with E-state index in [1.807, 2.05) is 12.1 Å². The molecule has 53 heavy (non-hydrogen) atoms. The van der Waals surface area contributed by atoms with Crippen LogP contribution in [0.5, 0.6) is 0 Å². The highest BCUT2D eigenvalue weighted by Gasteiger charge is 2.24. The van der Waals surface area contributed by atoms with E-state index in [0.717, 1.165) is 77.3 Å². The van der Waals surface area contributed by atoms with Gasteiger partial charge in [-0.2, -0.15) is 0 Å². The second-order valence-corrected chi connectivity index (χ2v) is 13.6. The molecule has 0 saturated carbocycles. The Morgan fingerprint density at radius 2 is 0.925 bits per heavy atom. The SMILES string of the molecule is c1ccc(-c2cccc3cccc(-c4ccc(N(c5cccc6c5oc5ccccc56)c5cccc6oc7c8ccccc8ccc7c56)cc4)c23)cc1. The molecule has 3 heteroatoms. The standard InChI is InChI=1S/C50H31NO2/c1-2-12-32(13-3-1)37-19-8-15-35-16-9-20-38(47(35)37)34-26-29-36(30-27-34)51(44-23-10-21-41-40-18-6-7-24-45(40)52-50(41)44)43-22-11-25-46-48(43)42-31-28-33-14-4-5-17-39(33)49(42)53-46/h1-31H. The predicted octanol–water partition coefficient (Wildman–Crippen LogP) is 14.6. The highest BCUT2D eigenvalue weighted by Crippen LogP contribution is 2.47. The van der Waals surface area contributed by atoms with Gasteiger partial charge in [-0.25, -0.2) is 0 Å². The minimum absolute atomic E-state index is 0.842. The molecule has 2 aromatic heterocycles. The largest absolute Gasteiger partial charge is 0.455 e. The van der Waals surface area contributed by atoms with Gasteiger partial charge in [-0.3, -0.25) is 0 Å². The molecule has 0 aliphatic carbocycles. The summed E-state index contributed by atoms with van der Waals surface area (Å²) in [4.78, 5) is 2.33. The maximum atomic E-state index is 6.68. The molecule has 0 fully saturated rings. The van der Waals surface area contributed by atoms with Gasteiger partial charge in [0.05, 0.1) is 16.8 Å². The Kier molecular flexibility index (Phi) is 6.55. The Bertz CT molecular complexity index is 3160. The maximum absolute atomic E-state index is 6.68. The van der Waals surface area contributed by atoms with E-state index in [0.29, 0.717) is 0 Å². The van der Waals surface area contributed by atoms with Gasteiger partial charge >= 0.3 is 0 Å². The van der Waals surface area contributed by atoms with Crippen LogP contribution in [0.3, 0.4) is 0 Å². The molecule has 11 rings (SSSR count). The number of hydrogen-bond acceptors (Lipinski definition) is 3. The average molecular weight is 678 g/mol. The van der Waals surface area contributed by atoms with Crippen LogP contribution in [0.4, 0.5) is 17.1 Å². The first-order valence-corrected chi connectivity index (χ1v) is 18.0. The number of fused-ring (bicyclic) bond motifs is 9. The van der Waals surface area contributed by atoms with E-state index < -0.39 is 0 Å².